The summed E-state index contributed by atoms with van der Waals surface area (Å²) in [7, 11) is 2.07. The second-order valence-corrected chi connectivity index (χ2v) is 7.97. The number of benzene rings is 2. The molecule has 2 N–H and O–H groups in total. The Hall–Kier alpha value is -2.50. The zero-order valence-electron chi connectivity index (χ0n) is 15.2. The lowest BCUT2D eigenvalue weighted by Crippen LogP contribution is -3.12. The lowest BCUT2D eigenvalue weighted by atomic mass is 10.0. The van der Waals surface area contributed by atoms with E-state index in [0.717, 1.165) is 44.1 Å². The predicted molar refractivity (Wildman–Crippen MR) is 107 cm³/mol. The number of carbonyl (C=O) groups excluding carboxylic acids is 1. The second-order valence-electron chi connectivity index (χ2n) is 6.85. The molecule has 0 amide bonds. The summed E-state index contributed by atoms with van der Waals surface area (Å²) in [6.07, 6.45) is 0. The zero-order valence-corrected chi connectivity index (χ0v) is 16.0. The Bertz CT molecular complexity index is 1060. The highest BCUT2D eigenvalue weighted by Crippen LogP contribution is 2.23. The molecule has 4 rings (SSSR count). The number of nitrogens with one attached hydrogen (secondary N) is 2. The molecule has 0 saturated carbocycles. The maximum atomic E-state index is 13.2. The SMILES string of the molecule is Cc1[nH]c2ccccc2c1C(=O)[C@H](C)[NH+](C)Cc1nc2ccccc2s1. The molecule has 132 valence electrons. The number of ketones is 1. The molecule has 0 aliphatic carbocycles. The third-order valence-electron chi connectivity index (χ3n) is 5.04. The number of fused-ring (bicyclic) bond motifs is 2. The van der Waals surface area contributed by atoms with Gasteiger partial charge in [-0.2, -0.15) is 0 Å². The van der Waals surface area contributed by atoms with Gasteiger partial charge >= 0.3 is 0 Å². The van der Waals surface area contributed by atoms with Crippen molar-refractivity contribution >= 4 is 38.2 Å². The molecular weight excluding hydrogens is 342 g/mol. The summed E-state index contributed by atoms with van der Waals surface area (Å²) in [5, 5.41) is 2.08. The van der Waals surface area contributed by atoms with E-state index in [-0.39, 0.29) is 11.8 Å². The van der Waals surface area contributed by atoms with E-state index in [1.165, 1.54) is 4.70 Å². The molecule has 2 atom stereocenters. The summed E-state index contributed by atoms with van der Waals surface area (Å²) in [5.74, 6) is 0.179. The van der Waals surface area contributed by atoms with Crippen molar-refractivity contribution in [1.82, 2.24) is 9.97 Å². The number of aryl methyl sites for hydroxylation is 1. The van der Waals surface area contributed by atoms with Gasteiger partial charge in [0, 0.05) is 16.6 Å². The maximum absolute atomic E-state index is 13.2. The van der Waals surface area contributed by atoms with Crippen LogP contribution in [0.4, 0.5) is 0 Å². The number of quaternary nitrogens is 1. The fourth-order valence-corrected chi connectivity index (χ4v) is 4.48. The first-order valence-corrected chi connectivity index (χ1v) is 9.64. The lowest BCUT2D eigenvalue weighted by Gasteiger charge is -2.19. The number of hydrogen-bond donors (Lipinski definition) is 2. The van der Waals surface area contributed by atoms with Crippen LogP contribution in [-0.2, 0) is 6.54 Å². The number of aromatic amines is 1. The van der Waals surface area contributed by atoms with Crippen molar-refractivity contribution in [2.75, 3.05) is 7.05 Å². The third kappa shape index (κ3) is 2.93. The Labute approximate surface area is 156 Å². The zero-order chi connectivity index (χ0) is 18.3. The van der Waals surface area contributed by atoms with E-state index in [9.17, 15) is 4.79 Å². The fraction of sp³-hybridized carbons (Fsp3) is 0.238. The summed E-state index contributed by atoms with van der Waals surface area (Å²) >= 11 is 1.71. The molecule has 0 aliphatic heterocycles. The molecule has 2 aromatic carbocycles. The number of H-pyrrole nitrogens is 1. The molecule has 2 heterocycles. The molecule has 1 unspecified atom stereocenters. The smallest absolute Gasteiger partial charge is 0.222 e. The monoisotopic (exact) mass is 364 g/mol. The van der Waals surface area contributed by atoms with E-state index in [4.69, 9.17) is 4.98 Å². The van der Waals surface area contributed by atoms with Gasteiger partial charge in [-0.25, -0.2) is 4.98 Å². The number of para-hydroxylation sites is 2. The van der Waals surface area contributed by atoms with Gasteiger partial charge in [0.1, 0.15) is 17.6 Å². The summed E-state index contributed by atoms with van der Waals surface area (Å²) < 4.78 is 1.20. The lowest BCUT2D eigenvalue weighted by molar-refractivity contribution is -0.907. The second kappa shape index (κ2) is 6.67. The van der Waals surface area contributed by atoms with Crippen LogP contribution in [0.1, 0.15) is 28.0 Å². The van der Waals surface area contributed by atoms with Crippen LogP contribution in [0.2, 0.25) is 0 Å². The molecule has 0 aliphatic rings. The highest BCUT2D eigenvalue weighted by atomic mass is 32.1. The van der Waals surface area contributed by atoms with Gasteiger partial charge in [-0.3, -0.25) is 4.79 Å². The summed E-state index contributed by atoms with van der Waals surface area (Å²) in [4.78, 5) is 22.4. The highest BCUT2D eigenvalue weighted by molar-refractivity contribution is 7.18. The van der Waals surface area contributed by atoms with Gasteiger partial charge in [0.25, 0.3) is 0 Å². The fourth-order valence-electron chi connectivity index (χ4n) is 3.42. The minimum atomic E-state index is -0.139. The highest BCUT2D eigenvalue weighted by Gasteiger charge is 2.27. The van der Waals surface area contributed by atoms with Crippen molar-refractivity contribution in [2.24, 2.45) is 0 Å². The Morgan fingerprint density at radius 2 is 1.92 bits per heavy atom. The van der Waals surface area contributed by atoms with Crippen LogP contribution in [-0.4, -0.2) is 28.8 Å². The molecule has 0 spiro atoms. The maximum Gasteiger partial charge on any atom is 0.222 e. The van der Waals surface area contributed by atoms with Crippen LogP contribution in [0, 0.1) is 6.92 Å². The van der Waals surface area contributed by atoms with E-state index in [1.54, 1.807) is 11.3 Å². The average Bonchev–Trinajstić information content (AvgIpc) is 3.19. The van der Waals surface area contributed by atoms with Gasteiger partial charge in [0.2, 0.25) is 5.78 Å². The largest absolute Gasteiger partial charge is 0.358 e. The van der Waals surface area contributed by atoms with Crippen LogP contribution in [0.3, 0.4) is 0 Å². The topological polar surface area (TPSA) is 50.2 Å². The molecule has 0 bridgehead atoms. The Balaban J connectivity index is 1.58. The van der Waals surface area contributed by atoms with Gasteiger partial charge in [0.15, 0.2) is 0 Å². The third-order valence-corrected chi connectivity index (χ3v) is 6.08. The Morgan fingerprint density at radius 3 is 2.73 bits per heavy atom. The van der Waals surface area contributed by atoms with E-state index in [0.29, 0.717) is 0 Å². The number of hydrogen-bond acceptors (Lipinski definition) is 3. The molecule has 0 radical (unpaired) electrons. The van der Waals surface area contributed by atoms with Crippen LogP contribution >= 0.6 is 11.3 Å². The van der Waals surface area contributed by atoms with Gasteiger partial charge in [-0.1, -0.05) is 30.3 Å². The quantitative estimate of drug-likeness (QED) is 0.534. The summed E-state index contributed by atoms with van der Waals surface area (Å²) in [6.45, 7) is 4.72. The van der Waals surface area contributed by atoms with Crippen molar-refractivity contribution in [3.05, 3.63) is 64.8 Å². The van der Waals surface area contributed by atoms with Crippen LogP contribution in [0.15, 0.2) is 48.5 Å². The molecule has 4 aromatic rings. The Kier molecular flexibility index (Phi) is 4.34. The van der Waals surface area contributed by atoms with E-state index in [1.807, 2.05) is 56.3 Å². The molecule has 26 heavy (non-hydrogen) atoms. The van der Waals surface area contributed by atoms with Gasteiger partial charge in [-0.05, 0) is 32.0 Å². The normalized spacial score (nSPS) is 14.0. The van der Waals surface area contributed by atoms with Gasteiger partial charge in [-0.15, -0.1) is 11.3 Å². The van der Waals surface area contributed by atoms with Gasteiger partial charge < -0.3 is 9.88 Å². The number of Topliss-reactive ketones (excluding diaryl/α,β-unsaturated/α-hetero) is 1. The molecule has 2 aromatic heterocycles. The van der Waals surface area contributed by atoms with Crippen LogP contribution < -0.4 is 4.90 Å². The number of nitrogens with zero attached hydrogens (tertiary/aromatic N) is 1. The van der Waals surface area contributed by atoms with Crippen LogP contribution in [0.5, 0.6) is 0 Å². The molecule has 0 saturated heterocycles. The Morgan fingerprint density at radius 1 is 1.19 bits per heavy atom. The number of rotatable bonds is 5. The first kappa shape index (κ1) is 16.9. The van der Waals surface area contributed by atoms with E-state index < -0.39 is 0 Å². The standard InChI is InChI=1S/C21H21N3OS/c1-13-20(15-8-4-5-9-16(15)22-13)21(25)14(2)24(3)12-19-23-17-10-6-7-11-18(17)26-19/h4-11,14,22H,12H2,1-3H3/p+1/t14-/m0/s1. The number of carbonyl (C=O) groups is 1. The van der Waals surface area contributed by atoms with E-state index in [2.05, 4.69) is 18.1 Å². The van der Waals surface area contributed by atoms with Crippen molar-refractivity contribution in [3.8, 4) is 0 Å². The molecule has 0 fully saturated rings. The van der Waals surface area contributed by atoms with Crippen molar-refractivity contribution in [1.29, 1.82) is 0 Å². The minimum absolute atomic E-state index is 0.139. The molecule has 4 nitrogen and oxygen atoms in total. The number of likely N-dealkylation sites (N-methyl/N-ethyl adjacent to an activating group) is 1. The summed E-state index contributed by atoms with van der Waals surface area (Å²) in [5.41, 5.74) is 3.81. The molecule has 5 heteroatoms. The number of thiazole rings is 1. The van der Waals surface area contributed by atoms with Crippen molar-refractivity contribution < 1.29 is 9.69 Å². The van der Waals surface area contributed by atoms with Gasteiger partial charge in [0.05, 0.1) is 22.8 Å². The first-order chi connectivity index (χ1) is 12.5. The first-order valence-electron chi connectivity index (χ1n) is 8.83. The van der Waals surface area contributed by atoms with Crippen LogP contribution in [0.25, 0.3) is 21.1 Å². The van der Waals surface area contributed by atoms with Crippen molar-refractivity contribution in [2.45, 2.75) is 26.4 Å². The number of aromatic nitrogens is 2. The van der Waals surface area contributed by atoms with Crippen molar-refractivity contribution in [3.63, 3.8) is 0 Å². The average molecular weight is 364 g/mol. The minimum Gasteiger partial charge on any atom is -0.358 e. The van der Waals surface area contributed by atoms with E-state index >= 15 is 0 Å². The predicted octanol–water partition coefficient (Wildman–Crippen LogP) is 3.37. The summed E-state index contributed by atoms with van der Waals surface area (Å²) in [6, 6.07) is 16.0. The molecular formula is C21H22N3OS+.